The molecule has 0 aliphatic heterocycles. The molecule has 1 N–H and O–H groups in total. The number of aromatic nitrogens is 2. The van der Waals surface area contributed by atoms with Crippen molar-refractivity contribution in [1.82, 2.24) is 9.97 Å². The van der Waals surface area contributed by atoms with E-state index in [0.29, 0.717) is 11.1 Å². The Bertz CT molecular complexity index is 609. The molecule has 6 heteroatoms. The molecule has 100 valence electrons. The minimum Gasteiger partial charge on any atom is -0.505 e. The zero-order valence-electron chi connectivity index (χ0n) is 10.3. The van der Waals surface area contributed by atoms with Crippen molar-refractivity contribution in [3.05, 3.63) is 39.9 Å². The molecule has 0 aliphatic rings. The Hall–Kier alpha value is -1.39. The van der Waals surface area contributed by atoms with Gasteiger partial charge in [-0.15, -0.1) is 0 Å². The van der Waals surface area contributed by atoms with Gasteiger partial charge in [0.05, 0.1) is 0 Å². The lowest BCUT2D eigenvalue weighted by atomic mass is 10.1. The van der Waals surface area contributed by atoms with Gasteiger partial charge in [0.25, 0.3) is 0 Å². The van der Waals surface area contributed by atoms with Crippen LogP contribution in [0.4, 0.5) is 4.39 Å². The fraction of sp³-hybridized carbons (Fsp3) is 0.231. The van der Waals surface area contributed by atoms with Crippen LogP contribution in [0, 0.1) is 5.82 Å². The lowest BCUT2D eigenvalue weighted by Gasteiger charge is -2.11. The average Bonchev–Trinajstić information content (AvgIpc) is 2.31. The molecule has 0 spiro atoms. The number of nitrogens with zero attached hydrogens (tertiary/aromatic N) is 2. The van der Waals surface area contributed by atoms with Gasteiger partial charge in [0.1, 0.15) is 10.3 Å². The Balaban J connectivity index is 2.55. The highest BCUT2D eigenvalue weighted by Gasteiger charge is 2.16. The standard InChI is InChI=1S/C13H11Cl2FN2O/c1-6(2)10-11(14)17-13(18-12(10)15)7-3-4-9(19)8(16)5-7/h3-6,19H,1-2H3. The third-order valence-electron chi connectivity index (χ3n) is 2.64. The summed E-state index contributed by atoms with van der Waals surface area (Å²) in [6, 6.07) is 3.86. The second-order valence-electron chi connectivity index (χ2n) is 4.36. The molecule has 1 aromatic carbocycles. The van der Waals surface area contributed by atoms with E-state index in [0.717, 1.165) is 6.07 Å². The molecule has 0 amide bonds. The average molecular weight is 301 g/mol. The van der Waals surface area contributed by atoms with Crippen LogP contribution in [-0.4, -0.2) is 15.1 Å². The molecular formula is C13H11Cl2FN2O. The summed E-state index contributed by atoms with van der Waals surface area (Å²) in [6.45, 7) is 3.85. The molecule has 1 heterocycles. The van der Waals surface area contributed by atoms with Crippen LogP contribution in [-0.2, 0) is 0 Å². The Kier molecular flexibility index (Phi) is 3.92. The van der Waals surface area contributed by atoms with Gasteiger partial charge in [-0.25, -0.2) is 14.4 Å². The van der Waals surface area contributed by atoms with Crippen LogP contribution in [0.2, 0.25) is 10.3 Å². The summed E-state index contributed by atoms with van der Waals surface area (Å²) in [4.78, 5) is 8.24. The van der Waals surface area contributed by atoms with Crippen LogP contribution in [0.15, 0.2) is 18.2 Å². The van der Waals surface area contributed by atoms with E-state index in [-0.39, 0.29) is 22.0 Å². The second kappa shape index (κ2) is 5.31. The minimum absolute atomic E-state index is 0.0885. The van der Waals surface area contributed by atoms with Gasteiger partial charge in [0, 0.05) is 11.1 Å². The second-order valence-corrected chi connectivity index (χ2v) is 5.08. The quantitative estimate of drug-likeness (QED) is 0.835. The van der Waals surface area contributed by atoms with E-state index in [4.69, 9.17) is 28.3 Å². The van der Waals surface area contributed by atoms with E-state index < -0.39 is 11.6 Å². The molecule has 0 aliphatic carbocycles. The largest absolute Gasteiger partial charge is 0.505 e. The van der Waals surface area contributed by atoms with Gasteiger partial charge in [0.2, 0.25) is 0 Å². The fourth-order valence-corrected chi connectivity index (χ4v) is 2.49. The molecule has 0 saturated carbocycles. The topological polar surface area (TPSA) is 46.0 Å². The van der Waals surface area contributed by atoms with Gasteiger partial charge >= 0.3 is 0 Å². The fourth-order valence-electron chi connectivity index (χ4n) is 1.67. The van der Waals surface area contributed by atoms with Crippen LogP contribution in [0.5, 0.6) is 5.75 Å². The van der Waals surface area contributed by atoms with E-state index in [1.165, 1.54) is 12.1 Å². The minimum atomic E-state index is -0.749. The molecule has 0 radical (unpaired) electrons. The van der Waals surface area contributed by atoms with Crippen LogP contribution in [0.25, 0.3) is 11.4 Å². The summed E-state index contributed by atoms with van der Waals surface area (Å²) in [7, 11) is 0. The summed E-state index contributed by atoms with van der Waals surface area (Å²) >= 11 is 12.1. The predicted octanol–water partition coefficient (Wildman–Crippen LogP) is 4.42. The van der Waals surface area contributed by atoms with Crippen molar-refractivity contribution in [2.24, 2.45) is 0 Å². The van der Waals surface area contributed by atoms with Crippen molar-refractivity contribution in [3.63, 3.8) is 0 Å². The predicted molar refractivity (Wildman–Crippen MR) is 73.2 cm³/mol. The molecule has 0 fully saturated rings. The first kappa shape index (κ1) is 14.0. The maximum atomic E-state index is 13.3. The third-order valence-corrected chi connectivity index (χ3v) is 3.21. The number of aromatic hydroxyl groups is 1. The van der Waals surface area contributed by atoms with Crippen molar-refractivity contribution in [2.45, 2.75) is 19.8 Å². The SMILES string of the molecule is CC(C)c1c(Cl)nc(-c2ccc(O)c(F)c2)nc1Cl. The van der Waals surface area contributed by atoms with E-state index in [9.17, 15) is 4.39 Å². The van der Waals surface area contributed by atoms with Crippen molar-refractivity contribution in [3.8, 4) is 17.1 Å². The molecule has 1 aromatic heterocycles. The van der Waals surface area contributed by atoms with Crippen molar-refractivity contribution < 1.29 is 9.50 Å². The van der Waals surface area contributed by atoms with Gasteiger partial charge in [-0.1, -0.05) is 37.0 Å². The zero-order chi connectivity index (χ0) is 14.2. The monoisotopic (exact) mass is 300 g/mol. The van der Waals surface area contributed by atoms with Crippen LogP contribution >= 0.6 is 23.2 Å². The van der Waals surface area contributed by atoms with E-state index >= 15 is 0 Å². The lowest BCUT2D eigenvalue weighted by molar-refractivity contribution is 0.432. The van der Waals surface area contributed by atoms with Crippen molar-refractivity contribution >= 4 is 23.2 Å². The molecule has 2 aromatic rings. The maximum Gasteiger partial charge on any atom is 0.165 e. The maximum absolute atomic E-state index is 13.3. The summed E-state index contributed by atoms with van der Waals surface area (Å²) in [6.07, 6.45) is 0. The number of phenols is 1. The summed E-state index contributed by atoms with van der Waals surface area (Å²) in [5.41, 5.74) is 1.06. The van der Waals surface area contributed by atoms with E-state index in [1.807, 2.05) is 13.8 Å². The number of benzene rings is 1. The smallest absolute Gasteiger partial charge is 0.165 e. The molecular weight excluding hydrogens is 290 g/mol. The van der Waals surface area contributed by atoms with Gasteiger partial charge < -0.3 is 5.11 Å². The highest BCUT2D eigenvalue weighted by molar-refractivity contribution is 6.34. The molecule has 19 heavy (non-hydrogen) atoms. The third kappa shape index (κ3) is 2.80. The number of hydrogen-bond donors (Lipinski definition) is 1. The molecule has 0 bridgehead atoms. The van der Waals surface area contributed by atoms with Gasteiger partial charge in [-0.3, -0.25) is 0 Å². The van der Waals surface area contributed by atoms with Gasteiger partial charge in [-0.2, -0.15) is 0 Å². The molecule has 0 atom stereocenters. The molecule has 0 unspecified atom stereocenters. The van der Waals surface area contributed by atoms with Crippen LogP contribution in [0.3, 0.4) is 0 Å². The Morgan fingerprint density at radius 3 is 2.21 bits per heavy atom. The Labute approximate surface area is 120 Å². The first-order valence-corrected chi connectivity index (χ1v) is 6.37. The number of rotatable bonds is 2. The first-order chi connectivity index (χ1) is 8.90. The van der Waals surface area contributed by atoms with Crippen LogP contribution in [0.1, 0.15) is 25.3 Å². The summed E-state index contributed by atoms with van der Waals surface area (Å²) in [5, 5.41) is 9.65. The van der Waals surface area contributed by atoms with E-state index in [2.05, 4.69) is 9.97 Å². The number of phenolic OH excluding ortho intramolecular Hbond substituents is 1. The highest BCUT2D eigenvalue weighted by atomic mass is 35.5. The van der Waals surface area contributed by atoms with E-state index in [1.54, 1.807) is 0 Å². The number of halogens is 3. The normalized spacial score (nSPS) is 11.1. The Morgan fingerprint density at radius 2 is 1.74 bits per heavy atom. The number of hydrogen-bond acceptors (Lipinski definition) is 3. The highest BCUT2D eigenvalue weighted by Crippen LogP contribution is 2.31. The van der Waals surface area contributed by atoms with Crippen molar-refractivity contribution in [1.29, 1.82) is 0 Å². The summed E-state index contributed by atoms with van der Waals surface area (Å²) in [5.74, 6) is -0.870. The van der Waals surface area contributed by atoms with Crippen molar-refractivity contribution in [2.75, 3.05) is 0 Å². The van der Waals surface area contributed by atoms with Gasteiger partial charge in [0.15, 0.2) is 17.4 Å². The molecule has 2 rings (SSSR count). The Morgan fingerprint density at radius 1 is 1.16 bits per heavy atom. The summed E-state index contributed by atoms with van der Waals surface area (Å²) < 4.78 is 13.3. The lowest BCUT2D eigenvalue weighted by Crippen LogP contribution is -1.99. The zero-order valence-corrected chi connectivity index (χ0v) is 11.8. The van der Waals surface area contributed by atoms with Gasteiger partial charge in [-0.05, 0) is 24.1 Å². The molecule has 0 saturated heterocycles. The first-order valence-electron chi connectivity index (χ1n) is 5.62. The van der Waals surface area contributed by atoms with Crippen LogP contribution < -0.4 is 0 Å². The molecule has 3 nitrogen and oxygen atoms in total.